The van der Waals surface area contributed by atoms with Crippen LogP contribution in [0.1, 0.15) is 137 Å². The second-order valence-electron chi connectivity index (χ2n) is 25.5. The van der Waals surface area contributed by atoms with Crippen molar-refractivity contribution in [3.05, 3.63) is 101 Å². The lowest BCUT2D eigenvalue weighted by molar-refractivity contribution is -0.137. The van der Waals surface area contributed by atoms with E-state index in [2.05, 4.69) is 105 Å². The molecule has 25 nitrogen and oxygen atoms in total. The summed E-state index contributed by atoms with van der Waals surface area (Å²) in [5, 5.41) is 28.0. The van der Waals surface area contributed by atoms with Gasteiger partial charge in [-0.25, -0.2) is 4.58 Å². The van der Waals surface area contributed by atoms with Crippen molar-refractivity contribution in [2.75, 3.05) is 63.8 Å². The Balaban J connectivity index is 1.10. The molecule has 0 unspecified atom stereocenters. The second-order valence-corrected chi connectivity index (χ2v) is 25.5. The number of rotatable bonds is 35. The van der Waals surface area contributed by atoms with Crippen molar-refractivity contribution < 1.29 is 57.5 Å². The number of amides is 10. The molecule has 2 heterocycles. The third kappa shape index (κ3) is 20.8. The average Bonchev–Trinajstić information content (AvgIpc) is 0.745. The van der Waals surface area contributed by atoms with Crippen LogP contribution in [0, 0.1) is 17.8 Å². The van der Waals surface area contributed by atoms with Gasteiger partial charge < -0.3 is 73.3 Å². The van der Waals surface area contributed by atoms with Crippen LogP contribution < -0.4 is 63.9 Å². The number of benzene rings is 4. The number of primary amides is 2. The van der Waals surface area contributed by atoms with Crippen LogP contribution >= 0.6 is 0 Å². The normalized spacial score (nSPS) is 14.5. The van der Waals surface area contributed by atoms with Gasteiger partial charge in [-0.2, -0.15) is 0 Å². The molecule has 0 aromatic heterocycles. The van der Waals surface area contributed by atoms with Crippen molar-refractivity contribution in [2.24, 2.45) is 35.0 Å². The number of phenolic OH excluding ortho intramolecular Hbond substituents is 1. The smallest absolute Gasteiger partial charge is 0.254 e. The molecule has 0 saturated carbocycles. The third-order valence-corrected chi connectivity index (χ3v) is 18.1. The first-order chi connectivity index (χ1) is 46.3. The van der Waals surface area contributed by atoms with Crippen LogP contribution in [0.25, 0.3) is 33.4 Å². The zero-order valence-corrected chi connectivity index (χ0v) is 58.0. The summed E-state index contributed by atoms with van der Waals surface area (Å²) in [4.78, 5) is 143. The lowest BCUT2D eigenvalue weighted by Gasteiger charge is -2.35. The fraction of sp³-hybridized carbons (Fsp3) is 0.514. The van der Waals surface area contributed by atoms with Gasteiger partial charge in [-0.15, -0.1) is 0 Å². The number of anilines is 1. The van der Waals surface area contributed by atoms with Crippen molar-refractivity contribution in [1.82, 2.24) is 46.3 Å². The van der Waals surface area contributed by atoms with Gasteiger partial charge in [-0.1, -0.05) is 78.3 Å². The first kappa shape index (κ1) is 76.6. The monoisotopic (exact) mass is 1340 g/mol. The quantitative estimate of drug-likeness (QED) is 0.0156. The van der Waals surface area contributed by atoms with Gasteiger partial charge in [-0.3, -0.25) is 47.9 Å². The number of nitrogens with two attached hydrogens (primary N) is 3. The van der Waals surface area contributed by atoms with Gasteiger partial charge in [0, 0.05) is 105 Å². The summed E-state index contributed by atoms with van der Waals surface area (Å²) in [5.74, 6) is -7.66. The number of carbonyl (C=O) groups excluding carboxylic acids is 10. The van der Waals surface area contributed by atoms with E-state index in [1.54, 1.807) is 63.5 Å². The lowest BCUT2D eigenvalue weighted by Crippen LogP contribution is -2.62. The van der Waals surface area contributed by atoms with Crippen LogP contribution in [0.3, 0.4) is 0 Å². The van der Waals surface area contributed by atoms with E-state index in [4.69, 9.17) is 21.6 Å². The fourth-order valence-electron chi connectivity index (χ4n) is 12.0. The van der Waals surface area contributed by atoms with E-state index in [1.807, 2.05) is 24.3 Å². The van der Waals surface area contributed by atoms with Crippen LogP contribution in [0.2, 0.25) is 0 Å². The standard InChI is InChI=1S/C72H101N13O12/c1-11-45(10)65(71(95)80-64(44(8)9)70(94)78-56(40-46-23-27-49(86)28-24-46)68(92)76-54(66(75)90)22-18-19-35-73)81-67(91)55(31-32-59(74)87)77-69(93)63(43(6)7)79-60(88)33-34-61(89)84-36-38-85(39-37-84)72(96)51-21-17-16-20-50(51)62-52-29-25-47(82(12-2)13-3)41-57(52)97-58-42-48(26-30-53(58)62)83(14-4)15-5/h16-17,20-21,23-30,41-45,54-56,63-65H,11-15,18-19,22,31-40,73H2,1-10H3,(H10-,74,75,76,77,78,79,80,81,86,87,88,90,91,92,93,94,95)/p+1/t45-,54-,55-,56-,63-,64-,65-/m0/s1. The number of carbonyl (C=O) groups is 10. The highest BCUT2D eigenvalue weighted by Crippen LogP contribution is 2.42. The van der Waals surface area contributed by atoms with Crippen LogP contribution in [0.4, 0.5) is 5.69 Å². The van der Waals surface area contributed by atoms with Gasteiger partial charge in [-0.05, 0) is 125 Å². The number of nitrogens with zero attached hydrogens (tertiary/aromatic N) is 4. The molecule has 526 valence electrons. The number of unbranched alkanes of at least 4 members (excludes halogenated alkanes) is 1. The Kier molecular flexibility index (Phi) is 28.9. The summed E-state index contributed by atoms with van der Waals surface area (Å²) < 4.78 is 8.97. The van der Waals surface area contributed by atoms with Crippen LogP contribution in [0.15, 0.2) is 89.3 Å². The third-order valence-electron chi connectivity index (χ3n) is 18.1. The summed E-state index contributed by atoms with van der Waals surface area (Å²) in [6, 6.07) is 18.3. The van der Waals surface area contributed by atoms with Gasteiger partial charge in [0.2, 0.25) is 58.5 Å². The number of nitrogens with one attached hydrogen (secondary N) is 6. The van der Waals surface area contributed by atoms with Crippen molar-refractivity contribution in [3.63, 3.8) is 0 Å². The minimum Gasteiger partial charge on any atom is -0.508 e. The zero-order valence-electron chi connectivity index (χ0n) is 58.0. The Morgan fingerprint density at radius 2 is 1.19 bits per heavy atom. The predicted molar refractivity (Wildman–Crippen MR) is 373 cm³/mol. The molecule has 25 heteroatoms. The Morgan fingerprint density at radius 3 is 1.78 bits per heavy atom. The first-order valence-corrected chi connectivity index (χ1v) is 34.1. The minimum atomic E-state index is -1.45. The molecule has 1 saturated heterocycles. The number of hydrogen-bond donors (Lipinski definition) is 10. The minimum absolute atomic E-state index is 0.0297. The SMILES string of the molecule is CC[C@H](C)[C@H](NC(=O)[C@H](CCC(N)=O)NC(=O)[C@@H](NC(=O)CCC(=O)N1CCN(C(=O)c2ccccc2-c2c3ccc(=[N+](CC)CC)cc-3oc3cc(N(CC)CC)ccc23)CC1)C(C)C)C(=O)N[C@H](C(=O)N[C@@H](Cc1ccc(O)cc1)C(=O)N[C@@H](CCCCN)C(N)=O)C(C)C. The number of fused-ring (bicyclic) bond motifs is 2. The van der Waals surface area contributed by atoms with Gasteiger partial charge in [0.15, 0.2) is 0 Å². The molecule has 0 bridgehead atoms. The highest BCUT2D eigenvalue weighted by atomic mass is 16.3. The van der Waals surface area contributed by atoms with Gasteiger partial charge in [0.1, 0.15) is 66.4 Å². The predicted octanol–water partition coefficient (Wildman–Crippen LogP) is 4.02. The maximum Gasteiger partial charge on any atom is 0.254 e. The number of hydrogen-bond acceptors (Lipinski definition) is 14. The molecule has 7 atom stereocenters. The summed E-state index contributed by atoms with van der Waals surface area (Å²) in [6.07, 6.45) is 0.394. The molecule has 1 fully saturated rings. The maximum absolute atomic E-state index is 14.7. The highest BCUT2D eigenvalue weighted by Gasteiger charge is 2.37. The number of aromatic hydroxyl groups is 1. The number of phenols is 1. The molecule has 3 aromatic rings. The number of piperazine rings is 1. The van der Waals surface area contributed by atoms with E-state index < -0.39 is 101 Å². The van der Waals surface area contributed by atoms with Crippen LogP contribution in [0.5, 0.6) is 5.75 Å². The van der Waals surface area contributed by atoms with Gasteiger partial charge in [0.05, 0.1) is 6.07 Å². The molecule has 0 spiro atoms. The molecule has 3 aliphatic rings. The topological polar surface area (TPSA) is 367 Å². The van der Waals surface area contributed by atoms with Crippen molar-refractivity contribution in [2.45, 2.75) is 163 Å². The zero-order chi connectivity index (χ0) is 71.2. The molecule has 1 aliphatic carbocycles. The molecule has 2 aliphatic heterocycles. The lowest BCUT2D eigenvalue weighted by atomic mass is 9.90. The molecular weight excluding hydrogens is 1240 g/mol. The van der Waals surface area contributed by atoms with Crippen molar-refractivity contribution in [3.8, 4) is 28.2 Å². The van der Waals surface area contributed by atoms with Gasteiger partial charge >= 0.3 is 0 Å². The van der Waals surface area contributed by atoms with Gasteiger partial charge in [0.25, 0.3) is 5.91 Å². The van der Waals surface area contributed by atoms with Crippen molar-refractivity contribution in [1.29, 1.82) is 0 Å². The summed E-state index contributed by atoms with van der Waals surface area (Å²) in [7, 11) is 0. The fourth-order valence-corrected chi connectivity index (χ4v) is 12.0. The Labute approximate surface area is 568 Å². The van der Waals surface area contributed by atoms with E-state index in [0.717, 1.165) is 59.3 Å². The Hall–Kier alpha value is -9.39. The highest BCUT2D eigenvalue weighted by molar-refractivity contribution is 6.09. The van der Waals surface area contributed by atoms with E-state index in [0.29, 0.717) is 48.3 Å². The molecule has 0 radical (unpaired) electrons. The maximum atomic E-state index is 14.7. The van der Waals surface area contributed by atoms with Crippen LogP contribution in [-0.4, -0.2) is 169 Å². The summed E-state index contributed by atoms with van der Waals surface area (Å²) >= 11 is 0. The molecule has 3 aromatic carbocycles. The molecule has 13 N–H and O–H groups in total. The second kappa shape index (κ2) is 36.6. The summed E-state index contributed by atoms with van der Waals surface area (Å²) in [6.45, 7) is 23.1. The Morgan fingerprint density at radius 1 is 0.598 bits per heavy atom. The molecule has 10 amide bonds. The molecular formula is C72H102N13O12+. The van der Waals surface area contributed by atoms with E-state index in [-0.39, 0.29) is 82.3 Å². The summed E-state index contributed by atoms with van der Waals surface area (Å²) in [5.41, 5.74) is 22.1. The molecule has 6 rings (SSSR count). The van der Waals surface area contributed by atoms with E-state index in [9.17, 15) is 53.1 Å². The van der Waals surface area contributed by atoms with E-state index in [1.165, 1.54) is 12.1 Å². The Bertz CT molecular complexity index is 3610. The van der Waals surface area contributed by atoms with Crippen molar-refractivity contribution >= 4 is 75.7 Å². The van der Waals surface area contributed by atoms with Crippen LogP contribution in [-0.2, 0) is 49.6 Å². The van der Waals surface area contributed by atoms with E-state index >= 15 is 0 Å². The molecule has 97 heavy (non-hydrogen) atoms. The largest absolute Gasteiger partial charge is 0.508 e. The first-order valence-electron chi connectivity index (χ1n) is 34.1. The average molecular weight is 1340 g/mol.